The monoisotopic (exact) mass is 374 g/mol. The van der Waals surface area contributed by atoms with E-state index in [4.69, 9.17) is 0 Å². The van der Waals surface area contributed by atoms with Gasteiger partial charge in [0.05, 0.1) is 31.1 Å². The lowest BCUT2D eigenvalue weighted by Crippen LogP contribution is -2.50. The summed E-state index contributed by atoms with van der Waals surface area (Å²) in [7, 11) is 0. The topological polar surface area (TPSA) is 81.3 Å². The molecule has 1 amide bonds. The van der Waals surface area contributed by atoms with Crippen molar-refractivity contribution in [3.63, 3.8) is 0 Å². The molecule has 0 unspecified atom stereocenters. The number of hydrogen-bond acceptors (Lipinski definition) is 6. The van der Waals surface area contributed by atoms with Crippen LogP contribution in [-0.4, -0.2) is 62.9 Å². The minimum Gasteiger partial charge on any atom is -0.334 e. The molecule has 1 saturated heterocycles. The molecule has 1 saturated carbocycles. The van der Waals surface area contributed by atoms with Crippen molar-refractivity contribution in [1.29, 1.82) is 0 Å². The van der Waals surface area contributed by atoms with Crippen LogP contribution < -0.4 is 9.88 Å². The normalized spacial score (nSPS) is 18.5. The van der Waals surface area contributed by atoms with Crippen LogP contribution in [0.15, 0.2) is 29.6 Å². The quantitative estimate of drug-likeness (QED) is 0.728. The van der Waals surface area contributed by atoms with E-state index in [-0.39, 0.29) is 5.91 Å². The molecule has 0 bridgehead atoms. The molecule has 2 fully saturated rings. The van der Waals surface area contributed by atoms with Gasteiger partial charge in [-0.1, -0.05) is 30.7 Å². The number of anilines is 1. The number of nitrogens with zero attached hydrogens (tertiary/aromatic N) is 6. The van der Waals surface area contributed by atoms with E-state index in [1.165, 1.54) is 24.6 Å². The second kappa shape index (κ2) is 8.03. The number of aromatic amines is 1. The highest BCUT2D eigenvalue weighted by Crippen LogP contribution is 2.31. The number of piperazine rings is 1. The molecule has 138 valence electrons. The van der Waals surface area contributed by atoms with Gasteiger partial charge in [-0.05, 0) is 29.3 Å². The van der Waals surface area contributed by atoms with Crippen molar-refractivity contribution in [2.75, 3.05) is 36.8 Å². The Morgan fingerprint density at radius 3 is 2.73 bits per heavy atom. The number of hydrogen-bond donors (Lipinski definition) is 0. The summed E-state index contributed by atoms with van der Waals surface area (Å²) in [4.78, 5) is 20.0. The van der Waals surface area contributed by atoms with Crippen molar-refractivity contribution in [2.24, 2.45) is 0 Å². The summed E-state index contributed by atoms with van der Waals surface area (Å²) in [6.45, 7) is 3.18. The summed E-state index contributed by atoms with van der Waals surface area (Å²) in [5, 5.41) is 12.8. The molecule has 8 nitrogen and oxygen atoms in total. The molecule has 0 aromatic carbocycles. The number of aromatic nitrogens is 5. The van der Waals surface area contributed by atoms with Crippen LogP contribution in [0.25, 0.3) is 0 Å². The van der Waals surface area contributed by atoms with Gasteiger partial charge in [0, 0.05) is 6.07 Å². The molecule has 2 aromatic rings. The molecular formula is C17H24N7OS+. The van der Waals surface area contributed by atoms with Gasteiger partial charge in [0.1, 0.15) is 13.1 Å². The van der Waals surface area contributed by atoms with E-state index < -0.39 is 0 Å². The van der Waals surface area contributed by atoms with Gasteiger partial charge < -0.3 is 4.90 Å². The van der Waals surface area contributed by atoms with Gasteiger partial charge in [-0.2, -0.15) is 0 Å². The minimum absolute atomic E-state index is 0.160. The number of amides is 1. The van der Waals surface area contributed by atoms with Gasteiger partial charge in [0.2, 0.25) is 11.1 Å². The standard InChI is InChI=1S/C17H23N7OS/c25-16(13-26-17-19-20-21-24(17)14-5-1-2-6-14)23-11-9-22(10-12-23)15-7-3-4-8-18-15/h3-4,7-8,14H,1-2,5-6,9-13H2/p+1. The molecule has 1 aliphatic heterocycles. The van der Waals surface area contributed by atoms with E-state index in [0.29, 0.717) is 11.8 Å². The zero-order valence-corrected chi connectivity index (χ0v) is 15.6. The maximum atomic E-state index is 12.6. The number of rotatable bonds is 5. The molecule has 2 aliphatic rings. The first-order valence-electron chi connectivity index (χ1n) is 9.21. The van der Waals surface area contributed by atoms with Gasteiger partial charge in [-0.3, -0.25) is 9.69 Å². The van der Waals surface area contributed by atoms with Crippen molar-refractivity contribution < 1.29 is 9.78 Å². The number of nitrogens with one attached hydrogen (secondary N) is 1. The van der Waals surface area contributed by atoms with E-state index in [9.17, 15) is 4.79 Å². The third-order valence-corrected chi connectivity index (χ3v) is 6.04. The van der Waals surface area contributed by atoms with Crippen LogP contribution in [-0.2, 0) is 4.79 Å². The fourth-order valence-electron chi connectivity index (χ4n) is 3.65. The van der Waals surface area contributed by atoms with Gasteiger partial charge in [-0.25, -0.2) is 9.67 Å². The molecule has 0 atom stereocenters. The number of H-pyrrole nitrogens is 1. The minimum atomic E-state index is 0.160. The van der Waals surface area contributed by atoms with E-state index >= 15 is 0 Å². The Bertz CT molecular complexity index is 724. The Morgan fingerprint density at radius 2 is 2.00 bits per heavy atom. The lowest BCUT2D eigenvalue weighted by atomic mass is 10.3. The number of tetrazole rings is 1. The van der Waals surface area contributed by atoms with Crippen LogP contribution in [0, 0.1) is 0 Å². The van der Waals surface area contributed by atoms with Crippen LogP contribution in [0.4, 0.5) is 5.82 Å². The summed E-state index contributed by atoms with van der Waals surface area (Å²) in [5.41, 5.74) is 0. The first kappa shape index (κ1) is 17.3. The SMILES string of the molecule is O=C(CSc1nnnn1C1CCCC1)N1CCN(c2cccc[nH+]2)CC1. The van der Waals surface area contributed by atoms with E-state index in [0.717, 1.165) is 50.0 Å². The number of carbonyl (C=O) groups excluding carboxylic acids is 1. The Labute approximate surface area is 156 Å². The fourth-order valence-corrected chi connectivity index (χ4v) is 4.50. The predicted molar refractivity (Wildman–Crippen MR) is 97.8 cm³/mol. The largest absolute Gasteiger partial charge is 0.334 e. The van der Waals surface area contributed by atoms with Crippen LogP contribution >= 0.6 is 11.8 Å². The highest BCUT2D eigenvalue weighted by molar-refractivity contribution is 7.99. The van der Waals surface area contributed by atoms with Crippen LogP contribution in [0.3, 0.4) is 0 Å². The van der Waals surface area contributed by atoms with Gasteiger partial charge in [0.25, 0.3) is 5.82 Å². The third-order valence-electron chi connectivity index (χ3n) is 5.12. The average Bonchev–Trinajstić information content (AvgIpc) is 3.38. The van der Waals surface area contributed by atoms with Gasteiger partial charge in [0.15, 0.2) is 0 Å². The molecule has 3 heterocycles. The lowest BCUT2D eigenvalue weighted by molar-refractivity contribution is -0.364. The summed E-state index contributed by atoms with van der Waals surface area (Å²) in [6, 6.07) is 6.46. The smallest absolute Gasteiger partial charge is 0.274 e. The first-order chi connectivity index (χ1) is 12.8. The molecule has 2 aromatic heterocycles. The maximum absolute atomic E-state index is 12.6. The van der Waals surface area contributed by atoms with Crippen LogP contribution in [0.2, 0.25) is 0 Å². The summed E-state index contributed by atoms with van der Waals surface area (Å²) in [6.07, 6.45) is 6.65. The van der Waals surface area contributed by atoms with Gasteiger partial charge >= 0.3 is 0 Å². The predicted octanol–water partition coefficient (Wildman–Crippen LogP) is 1.04. The molecule has 1 N–H and O–H groups in total. The Morgan fingerprint density at radius 1 is 1.19 bits per heavy atom. The third kappa shape index (κ3) is 3.82. The lowest BCUT2D eigenvalue weighted by Gasteiger charge is -2.30. The van der Waals surface area contributed by atoms with Crippen molar-refractivity contribution in [2.45, 2.75) is 36.9 Å². The van der Waals surface area contributed by atoms with E-state index in [1.807, 2.05) is 27.9 Å². The van der Waals surface area contributed by atoms with Crippen LogP contribution in [0.1, 0.15) is 31.7 Å². The highest BCUT2D eigenvalue weighted by Gasteiger charge is 2.27. The molecule has 0 radical (unpaired) electrons. The maximum Gasteiger partial charge on any atom is 0.274 e. The molecule has 4 rings (SSSR count). The number of carbonyl (C=O) groups is 1. The Hall–Kier alpha value is -2.16. The van der Waals surface area contributed by atoms with Crippen molar-refractivity contribution in [1.82, 2.24) is 25.1 Å². The fraction of sp³-hybridized carbons (Fsp3) is 0.588. The zero-order chi connectivity index (χ0) is 17.8. The molecule has 26 heavy (non-hydrogen) atoms. The Balaban J connectivity index is 1.28. The first-order valence-corrected chi connectivity index (χ1v) is 10.2. The van der Waals surface area contributed by atoms with E-state index in [2.05, 4.69) is 31.5 Å². The second-order valence-electron chi connectivity index (χ2n) is 6.75. The van der Waals surface area contributed by atoms with Crippen molar-refractivity contribution >= 4 is 23.5 Å². The van der Waals surface area contributed by atoms with Crippen LogP contribution in [0.5, 0.6) is 0 Å². The zero-order valence-electron chi connectivity index (χ0n) is 14.8. The molecule has 1 aliphatic carbocycles. The molecule has 0 spiro atoms. The summed E-state index contributed by atoms with van der Waals surface area (Å²) < 4.78 is 1.91. The van der Waals surface area contributed by atoms with Crippen molar-refractivity contribution in [3.05, 3.63) is 24.4 Å². The Kier molecular flexibility index (Phi) is 5.33. The second-order valence-corrected chi connectivity index (χ2v) is 7.69. The van der Waals surface area contributed by atoms with E-state index in [1.54, 1.807) is 0 Å². The molecule has 9 heteroatoms. The number of pyridine rings is 1. The van der Waals surface area contributed by atoms with Crippen molar-refractivity contribution in [3.8, 4) is 0 Å². The summed E-state index contributed by atoms with van der Waals surface area (Å²) in [5.74, 6) is 1.65. The highest BCUT2D eigenvalue weighted by atomic mass is 32.2. The number of thioether (sulfide) groups is 1. The summed E-state index contributed by atoms with van der Waals surface area (Å²) >= 11 is 1.46. The average molecular weight is 374 g/mol. The van der Waals surface area contributed by atoms with Gasteiger partial charge in [-0.15, -0.1) is 5.10 Å². The molecular weight excluding hydrogens is 350 g/mol.